The number of fused-ring (bicyclic) bond motifs is 1. The first-order valence-corrected chi connectivity index (χ1v) is 17.3. The molecule has 0 aliphatic heterocycles. The van der Waals surface area contributed by atoms with E-state index >= 15 is 0 Å². The standard InChI is InChI=1S/C41H59NO4/c1-12-36(3,4)22-24-39(9,20-19-34(44)46-31-16-14-13-15-17-31)25-23-37(5,6)41(11)21-18-32-38(7,8)35(45)30(28-42)27-40(32,10)33(41)26-29(2)43/h13-17,26-27,32H,12,18-25H2,1-11H3/b33-26-/t32-,39-,40-,41+/m0/s1. The molecule has 1 aromatic rings. The Morgan fingerprint density at radius 2 is 1.59 bits per heavy atom. The second-order valence-electron chi connectivity index (χ2n) is 17.1. The van der Waals surface area contributed by atoms with Gasteiger partial charge in [-0.3, -0.25) is 14.4 Å². The zero-order valence-corrected chi connectivity index (χ0v) is 30.6. The predicted molar refractivity (Wildman–Crippen MR) is 186 cm³/mol. The minimum absolute atomic E-state index is 0.00348. The van der Waals surface area contributed by atoms with Crippen LogP contribution in [0.1, 0.15) is 134 Å². The molecule has 4 atom stereocenters. The number of allylic oxidation sites excluding steroid dienone is 4. The fourth-order valence-electron chi connectivity index (χ4n) is 8.27. The van der Waals surface area contributed by atoms with E-state index in [1.54, 1.807) is 6.92 Å². The van der Waals surface area contributed by atoms with Crippen molar-refractivity contribution in [1.29, 1.82) is 5.26 Å². The molecule has 0 bridgehead atoms. The number of carbonyl (C=O) groups excluding carboxylic acids is 3. The molecule has 2 aliphatic carbocycles. The summed E-state index contributed by atoms with van der Waals surface area (Å²) in [6.07, 6.45) is 11.5. The second-order valence-corrected chi connectivity index (χ2v) is 17.1. The number of Topliss-reactive ketones (excluding diaryl/α,β-unsaturated/α-hetero) is 1. The van der Waals surface area contributed by atoms with Gasteiger partial charge in [0.15, 0.2) is 11.6 Å². The number of esters is 1. The van der Waals surface area contributed by atoms with Crippen LogP contribution in [0.15, 0.2) is 53.6 Å². The summed E-state index contributed by atoms with van der Waals surface area (Å²) in [4.78, 5) is 39.1. The molecule has 1 saturated carbocycles. The number of hydrogen-bond acceptors (Lipinski definition) is 5. The van der Waals surface area contributed by atoms with Gasteiger partial charge in [-0.05, 0) is 97.7 Å². The smallest absolute Gasteiger partial charge is 0.311 e. The van der Waals surface area contributed by atoms with Crippen LogP contribution in [0.25, 0.3) is 0 Å². The van der Waals surface area contributed by atoms with E-state index in [0.29, 0.717) is 12.2 Å². The number of hydrogen-bond donors (Lipinski definition) is 0. The van der Waals surface area contributed by atoms with Crippen molar-refractivity contribution in [1.82, 2.24) is 0 Å². The number of nitriles is 1. The number of para-hydroxylation sites is 1. The second kappa shape index (κ2) is 13.6. The maximum absolute atomic E-state index is 13.3. The third-order valence-electron chi connectivity index (χ3n) is 12.6. The summed E-state index contributed by atoms with van der Waals surface area (Å²) in [6, 6.07) is 11.4. The molecule has 0 heterocycles. The van der Waals surface area contributed by atoms with Crippen molar-refractivity contribution in [2.24, 2.45) is 38.4 Å². The molecule has 2 aliphatic rings. The fourth-order valence-corrected chi connectivity index (χ4v) is 8.27. The van der Waals surface area contributed by atoms with Crippen molar-refractivity contribution in [3.63, 3.8) is 0 Å². The first kappa shape index (κ1) is 37.5. The fraction of sp³-hybridized carbons (Fsp3) is 0.659. The lowest BCUT2D eigenvalue weighted by molar-refractivity contribution is -0.135. The number of benzene rings is 1. The van der Waals surface area contributed by atoms with Crippen LogP contribution in [0, 0.1) is 49.7 Å². The molecule has 252 valence electrons. The van der Waals surface area contributed by atoms with Crippen molar-refractivity contribution < 1.29 is 19.1 Å². The maximum Gasteiger partial charge on any atom is 0.311 e. The molecule has 0 saturated heterocycles. The number of ether oxygens (including phenoxy) is 1. The average Bonchev–Trinajstić information content (AvgIpc) is 2.98. The Kier molecular flexibility index (Phi) is 11.1. The molecule has 0 N–H and O–H groups in total. The van der Waals surface area contributed by atoms with E-state index in [1.165, 1.54) is 0 Å². The third-order valence-corrected chi connectivity index (χ3v) is 12.6. The summed E-state index contributed by atoms with van der Waals surface area (Å²) in [5, 5.41) is 9.97. The Hall–Kier alpha value is -3.00. The highest BCUT2D eigenvalue weighted by Gasteiger charge is 2.61. The van der Waals surface area contributed by atoms with Gasteiger partial charge in [0, 0.05) is 17.3 Å². The summed E-state index contributed by atoms with van der Waals surface area (Å²) in [6.45, 7) is 23.8. The van der Waals surface area contributed by atoms with Gasteiger partial charge in [0.05, 0.1) is 5.57 Å². The van der Waals surface area contributed by atoms with Crippen LogP contribution in [0.2, 0.25) is 0 Å². The van der Waals surface area contributed by atoms with Gasteiger partial charge in [0.25, 0.3) is 0 Å². The average molecular weight is 630 g/mol. The summed E-state index contributed by atoms with van der Waals surface area (Å²) in [7, 11) is 0. The SMILES string of the molecule is CCC(C)(C)CC[C@](C)(CCC(=O)Oc1ccccc1)CCC(C)(C)[C@]1(C)CC[C@H]2C(C)(C)C(=O)C(C#N)=C[C@]2(C)/C1=C/C(C)=O. The Balaban J connectivity index is 1.94. The van der Waals surface area contributed by atoms with Crippen molar-refractivity contribution in [2.45, 2.75) is 134 Å². The highest BCUT2D eigenvalue weighted by molar-refractivity contribution is 6.04. The van der Waals surface area contributed by atoms with E-state index in [-0.39, 0.29) is 50.7 Å². The molecule has 0 radical (unpaired) electrons. The van der Waals surface area contributed by atoms with Crippen molar-refractivity contribution in [2.75, 3.05) is 0 Å². The van der Waals surface area contributed by atoms with Crippen LogP contribution in [0.3, 0.4) is 0 Å². The van der Waals surface area contributed by atoms with Crippen LogP contribution in [-0.2, 0) is 14.4 Å². The van der Waals surface area contributed by atoms with Crippen molar-refractivity contribution in [3.8, 4) is 11.8 Å². The van der Waals surface area contributed by atoms with E-state index in [2.05, 4.69) is 61.5 Å². The Morgan fingerprint density at radius 1 is 0.978 bits per heavy atom. The van der Waals surface area contributed by atoms with Crippen LogP contribution >= 0.6 is 0 Å². The monoisotopic (exact) mass is 629 g/mol. The molecule has 5 heteroatoms. The third kappa shape index (κ3) is 7.75. The minimum atomic E-state index is -0.699. The molecule has 0 spiro atoms. The molecular formula is C41H59NO4. The summed E-state index contributed by atoms with van der Waals surface area (Å²) in [5.41, 5.74) is -0.449. The quantitative estimate of drug-likeness (QED) is 0.123. The van der Waals surface area contributed by atoms with Crippen LogP contribution in [-0.4, -0.2) is 17.5 Å². The maximum atomic E-state index is 13.3. The lowest BCUT2D eigenvalue weighted by atomic mass is 9.42. The largest absolute Gasteiger partial charge is 0.427 e. The summed E-state index contributed by atoms with van der Waals surface area (Å²) in [5.74, 6) is 0.260. The van der Waals surface area contributed by atoms with Gasteiger partial charge in [-0.15, -0.1) is 0 Å². The normalized spacial score (nSPS) is 26.8. The first-order valence-electron chi connectivity index (χ1n) is 17.3. The van der Waals surface area contributed by atoms with Gasteiger partial charge in [0.2, 0.25) is 0 Å². The zero-order valence-electron chi connectivity index (χ0n) is 30.6. The Morgan fingerprint density at radius 3 is 2.15 bits per heavy atom. The molecular weight excluding hydrogens is 570 g/mol. The molecule has 1 fully saturated rings. The number of ketones is 2. The van der Waals surface area contributed by atoms with Gasteiger partial charge in [-0.1, -0.05) is 106 Å². The Bertz CT molecular complexity index is 1410. The molecule has 0 unspecified atom stereocenters. The molecule has 5 nitrogen and oxygen atoms in total. The first-order chi connectivity index (χ1) is 21.2. The van der Waals surface area contributed by atoms with E-state index in [0.717, 1.165) is 56.9 Å². The van der Waals surface area contributed by atoms with Gasteiger partial charge < -0.3 is 4.74 Å². The Labute approximate surface area is 279 Å². The highest BCUT2D eigenvalue weighted by atomic mass is 16.5. The zero-order chi connectivity index (χ0) is 34.8. The van der Waals surface area contributed by atoms with E-state index < -0.39 is 10.8 Å². The lowest BCUT2D eigenvalue weighted by Gasteiger charge is -2.61. The van der Waals surface area contributed by atoms with Crippen LogP contribution in [0.4, 0.5) is 0 Å². The number of carbonyl (C=O) groups is 3. The number of nitrogens with zero attached hydrogens (tertiary/aromatic N) is 1. The van der Waals surface area contributed by atoms with Crippen LogP contribution < -0.4 is 4.74 Å². The summed E-state index contributed by atoms with van der Waals surface area (Å²) < 4.78 is 5.66. The van der Waals surface area contributed by atoms with Gasteiger partial charge in [-0.2, -0.15) is 5.26 Å². The molecule has 3 rings (SSSR count). The van der Waals surface area contributed by atoms with Crippen molar-refractivity contribution >= 4 is 17.5 Å². The predicted octanol–water partition coefficient (Wildman–Crippen LogP) is 10.4. The van der Waals surface area contributed by atoms with E-state index in [9.17, 15) is 19.6 Å². The van der Waals surface area contributed by atoms with Gasteiger partial charge in [0.1, 0.15) is 11.8 Å². The molecule has 46 heavy (non-hydrogen) atoms. The van der Waals surface area contributed by atoms with Gasteiger partial charge >= 0.3 is 5.97 Å². The minimum Gasteiger partial charge on any atom is -0.427 e. The van der Waals surface area contributed by atoms with Crippen molar-refractivity contribution in [3.05, 3.63) is 53.6 Å². The molecule has 0 amide bonds. The number of rotatable bonds is 13. The topological polar surface area (TPSA) is 84.2 Å². The van der Waals surface area contributed by atoms with Gasteiger partial charge in [-0.25, -0.2) is 0 Å². The van der Waals surface area contributed by atoms with E-state index in [4.69, 9.17) is 4.74 Å². The van der Waals surface area contributed by atoms with Crippen LogP contribution in [0.5, 0.6) is 5.75 Å². The molecule has 1 aromatic carbocycles. The van der Waals surface area contributed by atoms with E-state index in [1.807, 2.05) is 56.3 Å². The highest BCUT2D eigenvalue weighted by Crippen LogP contribution is 2.67. The molecule has 0 aromatic heterocycles. The summed E-state index contributed by atoms with van der Waals surface area (Å²) >= 11 is 0. The lowest BCUT2D eigenvalue weighted by Crippen LogP contribution is -2.55.